The van der Waals surface area contributed by atoms with Gasteiger partial charge in [-0.05, 0) is 25.6 Å². The standard InChI is InChI=1S/C7H11N3OS.ClH/c1-12-7-10-9-6(11-7)5-3-2-4-8-5;/h5,8H,2-4H2,1H3;1H/t5-;/m0./s1. The average molecular weight is 222 g/mol. The van der Waals surface area contributed by atoms with Crippen molar-refractivity contribution >= 4 is 24.2 Å². The van der Waals surface area contributed by atoms with Crippen LogP contribution >= 0.6 is 24.2 Å². The van der Waals surface area contributed by atoms with Gasteiger partial charge >= 0.3 is 0 Å². The van der Waals surface area contributed by atoms with Gasteiger partial charge in [-0.1, -0.05) is 11.8 Å². The summed E-state index contributed by atoms with van der Waals surface area (Å²) in [6.45, 7) is 1.06. The molecule has 1 aliphatic heterocycles. The third-order valence-electron chi connectivity index (χ3n) is 1.96. The van der Waals surface area contributed by atoms with Crippen molar-refractivity contribution in [2.24, 2.45) is 0 Å². The monoisotopic (exact) mass is 221 g/mol. The topological polar surface area (TPSA) is 51.0 Å². The van der Waals surface area contributed by atoms with Gasteiger partial charge in [0.25, 0.3) is 5.22 Å². The first kappa shape index (κ1) is 10.8. The van der Waals surface area contributed by atoms with Gasteiger partial charge in [-0.3, -0.25) is 0 Å². The molecule has 2 heterocycles. The van der Waals surface area contributed by atoms with Crippen molar-refractivity contribution in [2.45, 2.75) is 24.1 Å². The van der Waals surface area contributed by atoms with Gasteiger partial charge in [0, 0.05) is 0 Å². The lowest BCUT2D eigenvalue weighted by Gasteiger charge is -2.01. The van der Waals surface area contributed by atoms with Crippen LogP contribution in [-0.2, 0) is 0 Å². The third-order valence-corrected chi connectivity index (χ3v) is 2.47. The van der Waals surface area contributed by atoms with Gasteiger partial charge in [-0.25, -0.2) is 0 Å². The van der Waals surface area contributed by atoms with Crippen molar-refractivity contribution in [1.29, 1.82) is 0 Å². The van der Waals surface area contributed by atoms with Gasteiger partial charge in [0.15, 0.2) is 0 Å². The lowest BCUT2D eigenvalue weighted by molar-refractivity contribution is 0.374. The normalized spacial score (nSPS) is 21.5. The van der Waals surface area contributed by atoms with Gasteiger partial charge in [-0.2, -0.15) is 0 Å². The fourth-order valence-corrected chi connectivity index (χ4v) is 1.63. The van der Waals surface area contributed by atoms with E-state index in [0.29, 0.717) is 11.3 Å². The highest BCUT2D eigenvalue weighted by atomic mass is 35.5. The molecule has 1 saturated heterocycles. The molecule has 74 valence electrons. The van der Waals surface area contributed by atoms with Crippen LogP contribution < -0.4 is 5.32 Å². The molecule has 0 bridgehead atoms. The van der Waals surface area contributed by atoms with Crippen LogP contribution in [0.1, 0.15) is 24.8 Å². The zero-order chi connectivity index (χ0) is 8.39. The van der Waals surface area contributed by atoms with Crippen molar-refractivity contribution in [3.8, 4) is 0 Å². The molecule has 13 heavy (non-hydrogen) atoms. The van der Waals surface area contributed by atoms with E-state index in [1.807, 2.05) is 6.26 Å². The van der Waals surface area contributed by atoms with E-state index in [1.165, 1.54) is 18.2 Å². The summed E-state index contributed by atoms with van der Waals surface area (Å²) in [5.74, 6) is 0.733. The predicted molar refractivity (Wildman–Crippen MR) is 53.3 cm³/mol. The Labute approximate surface area is 87.3 Å². The fourth-order valence-electron chi connectivity index (χ4n) is 1.34. The van der Waals surface area contributed by atoms with E-state index in [0.717, 1.165) is 18.9 Å². The van der Waals surface area contributed by atoms with Gasteiger partial charge in [0.1, 0.15) is 0 Å². The number of hydrogen-bond donors (Lipinski definition) is 1. The summed E-state index contributed by atoms with van der Waals surface area (Å²) in [6.07, 6.45) is 4.23. The van der Waals surface area contributed by atoms with E-state index in [9.17, 15) is 0 Å². The highest BCUT2D eigenvalue weighted by Gasteiger charge is 2.21. The maximum atomic E-state index is 5.39. The molecule has 0 aromatic carbocycles. The van der Waals surface area contributed by atoms with E-state index < -0.39 is 0 Å². The molecule has 0 aliphatic carbocycles. The van der Waals surface area contributed by atoms with Crippen LogP contribution in [0, 0.1) is 0 Å². The van der Waals surface area contributed by atoms with Crippen LogP contribution in [0.2, 0.25) is 0 Å². The molecular weight excluding hydrogens is 210 g/mol. The third kappa shape index (κ3) is 2.36. The summed E-state index contributed by atoms with van der Waals surface area (Å²) >= 11 is 1.48. The first-order chi connectivity index (χ1) is 5.90. The van der Waals surface area contributed by atoms with E-state index in [-0.39, 0.29) is 12.4 Å². The van der Waals surface area contributed by atoms with E-state index >= 15 is 0 Å². The number of aromatic nitrogens is 2. The Morgan fingerprint density at radius 2 is 2.38 bits per heavy atom. The highest BCUT2D eigenvalue weighted by Crippen LogP contribution is 2.23. The molecule has 0 spiro atoms. The Hall–Kier alpha value is -0.260. The second-order valence-electron chi connectivity index (χ2n) is 2.76. The summed E-state index contributed by atoms with van der Waals surface area (Å²) in [5.41, 5.74) is 0. The molecule has 1 aromatic rings. The van der Waals surface area contributed by atoms with Crippen molar-refractivity contribution in [3.05, 3.63) is 5.89 Å². The second kappa shape index (κ2) is 4.83. The van der Waals surface area contributed by atoms with Gasteiger partial charge in [-0.15, -0.1) is 22.6 Å². The summed E-state index contributed by atoms with van der Waals surface area (Å²) in [6, 6.07) is 0.290. The zero-order valence-electron chi connectivity index (χ0n) is 7.32. The van der Waals surface area contributed by atoms with Gasteiger partial charge < -0.3 is 9.73 Å². The molecule has 1 aromatic heterocycles. The maximum Gasteiger partial charge on any atom is 0.276 e. The molecule has 0 saturated carbocycles. The smallest absolute Gasteiger partial charge is 0.276 e. The fraction of sp³-hybridized carbons (Fsp3) is 0.714. The molecule has 1 aliphatic rings. The molecule has 6 heteroatoms. The van der Waals surface area contributed by atoms with E-state index in [2.05, 4.69) is 15.5 Å². The molecule has 0 amide bonds. The molecular formula is C7H12ClN3OS. The lowest BCUT2D eigenvalue weighted by atomic mass is 10.2. The molecule has 4 nitrogen and oxygen atoms in total. The number of nitrogens with one attached hydrogen (secondary N) is 1. The molecule has 1 N–H and O–H groups in total. The van der Waals surface area contributed by atoms with Crippen molar-refractivity contribution in [3.63, 3.8) is 0 Å². The first-order valence-electron chi connectivity index (χ1n) is 4.01. The Bertz CT molecular complexity index is 262. The largest absolute Gasteiger partial charge is 0.414 e. The zero-order valence-corrected chi connectivity index (χ0v) is 8.95. The number of thioether (sulfide) groups is 1. The Balaban J connectivity index is 0.000000845. The summed E-state index contributed by atoms with van der Waals surface area (Å²) in [7, 11) is 0. The first-order valence-corrected chi connectivity index (χ1v) is 5.23. The van der Waals surface area contributed by atoms with E-state index in [4.69, 9.17) is 4.42 Å². The number of halogens is 1. The van der Waals surface area contributed by atoms with Gasteiger partial charge in [0.2, 0.25) is 5.89 Å². The number of nitrogens with zero attached hydrogens (tertiary/aromatic N) is 2. The van der Waals surface area contributed by atoms with Gasteiger partial charge in [0.05, 0.1) is 6.04 Å². The predicted octanol–water partition coefficient (Wildman–Crippen LogP) is 1.64. The Kier molecular flexibility index (Phi) is 4.02. The van der Waals surface area contributed by atoms with E-state index in [1.54, 1.807) is 0 Å². The second-order valence-corrected chi connectivity index (χ2v) is 3.52. The molecule has 1 fully saturated rings. The van der Waals surface area contributed by atoms with Crippen LogP contribution in [-0.4, -0.2) is 23.0 Å². The Morgan fingerprint density at radius 1 is 1.54 bits per heavy atom. The molecule has 0 radical (unpaired) electrons. The molecule has 2 rings (SSSR count). The summed E-state index contributed by atoms with van der Waals surface area (Å²) in [4.78, 5) is 0. The SMILES string of the molecule is CSc1nnc([C@@H]2CCCN2)o1.Cl. The van der Waals surface area contributed by atoms with Crippen LogP contribution in [0.25, 0.3) is 0 Å². The van der Waals surface area contributed by atoms with Crippen molar-refractivity contribution < 1.29 is 4.42 Å². The molecule has 1 atom stereocenters. The molecule has 0 unspecified atom stereocenters. The van der Waals surface area contributed by atoms with Crippen LogP contribution in [0.5, 0.6) is 0 Å². The number of rotatable bonds is 2. The quantitative estimate of drug-likeness (QED) is 0.770. The van der Waals surface area contributed by atoms with Crippen LogP contribution in [0.4, 0.5) is 0 Å². The average Bonchev–Trinajstić information content (AvgIpc) is 2.75. The van der Waals surface area contributed by atoms with Crippen molar-refractivity contribution in [2.75, 3.05) is 12.8 Å². The Morgan fingerprint density at radius 3 is 2.92 bits per heavy atom. The highest BCUT2D eigenvalue weighted by molar-refractivity contribution is 7.98. The van der Waals surface area contributed by atoms with Crippen LogP contribution in [0.15, 0.2) is 9.64 Å². The van der Waals surface area contributed by atoms with Crippen molar-refractivity contribution in [1.82, 2.24) is 15.5 Å². The maximum absolute atomic E-state index is 5.39. The number of hydrogen-bond acceptors (Lipinski definition) is 5. The minimum atomic E-state index is 0. The minimum Gasteiger partial charge on any atom is -0.414 e. The van der Waals surface area contributed by atoms with Crippen LogP contribution in [0.3, 0.4) is 0 Å². The minimum absolute atomic E-state index is 0. The summed E-state index contributed by atoms with van der Waals surface area (Å²) < 4.78 is 5.39. The lowest BCUT2D eigenvalue weighted by Crippen LogP contribution is -2.12. The summed E-state index contributed by atoms with van der Waals surface area (Å²) in [5, 5.41) is 11.8.